The molecule has 0 radical (unpaired) electrons. The summed E-state index contributed by atoms with van der Waals surface area (Å²) in [6.07, 6.45) is 1.24. The van der Waals surface area contributed by atoms with Crippen molar-refractivity contribution in [3.05, 3.63) is 40.6 Å². The molecule has 0 saturated carbocycles. The Labute approximate surface area is 152 Å². The molecule has 134 valence electrons. The number of rotatable bonds is 4. The second-order valence-corrected chi connectivity index (χ2v) is 5.59. The summed E-state index contributed by atoms with van der Waals surface area (Å²) < 4.78 is 16.2. The first kappa shape index (κ1) is 17.6. The Morgan fingerprint density at radius 2 is 1.65 bits per heavy atom. The number of hydrogen-bond acceptors (Lipinski definition) is 6. The first-order valence-electron chi connectivity index (χ1n) is 7.33. The number of carbonyl (C=O) groups is 3. The third-order valence-electron chi connectivity index (χ3n) is 3.60. The zero-order chi connectivity index (χ0) is 18.8. The lowest BCUT2D eigenvalue weighted by atomic mass is 10.1. The zero-order valence-electron chi connectivity index (χ0n) is 13.7. The van der Waals surface area contributed by atoms with Crippen molar-refractivity contribution in [2.45, 2.75) is 0 Å². The molecule has 8 nitrogen and oxygen atoms in total. The summed E-state index contributed by atoms with van der Waals surface area (Å²) >= 11 is 6.08. The fraction of sp³-hybridized carbons (Fsp3) is 0.118. The van der Waals surface area contributed by atoms with Gasteiger partial charge in [-0.05, 0) is 24.3 Å². The normalized spacial score (nSPS) is 14.0. The van der Waals surface area contributed by atoms with Gasteiger partial charge in [-0.3, -0.25) is 20.2 Å². The predicted octanol–water partition coefficient (Wildman–Crippen LogP) is 2.37. The van der Waals surface area contributed by atoms with Crippen LogP contribution >= 0.6 is 11.6 Å². The van der Waals surface area contributed by atoms with Crippen molar-refractivity contribution >= 4 is 35.5 Å². The lowest BCUT2D eigenvalue weighted by Crippen LogP contribution is -2.51. The van der Waals surface area contributed by atoms with Crippen molar-refractivity contribution < 1.29 is 28.3 Å². The van der Waals surface area contributed by atoms with Crippen molar-refractivity contribution in [3.63, 3.8) is 0 Å². The SMILES string of the molecule is COc1cc(-c2ccc(C=C3C(=O)NC(=O)NC3=O)o2)c(OC)cc1Cl. The highest BCUT2D eigenvalue weighted by molar-refractivity contribution is 6.32. The predicted molar refractivity (Wildman–Crippen MR) is 91.9 cm³/mol. The van der Waals surface area contributed by atoms with E-state index in [1.807, 2.05) is 10.6 Å². The van der Waals surface area contributed by atoms with Gasteiger partial charge in [0.25, 0.3) is 11.8 Å². The Balaban J connectivity index is 1.98. The van der Waals surface area contributed by atoms with Crippen molar-refractivity contribution in [3.8, 4) is 22.8 Å². The number of imide groups is 2. The van der Waals surface area contributed by atoms with E-state index in [1.165, 1.54) is 20.3 Å². The number of nitrogens with one attached hydrogen (secondary N) is 2. The van der Waals surface area contributed by atoms with Gasteiger partial charge in [0.15, 0.2) is 0 Å². The van der Waals surface area contributed by atoms with Crippen LogP contribution in [0.2, 0.25) is 5.02 Å². The molecule has 0 spiro atoms. The molecule has 1 fully saturated rings. The first-order chi connectivity index (χ1) is 12.4. The van der Waals surface area contributed by atoms with Crippen molar-refractivity contribution in [1.29, 1.82) is 0 Å². The minimum absolute atomic E-state index is 0.241. The number of hydrogen-bond donors (Lipinski definition) is 2. The van der Waals surface area contributed by atoms with Crippen LogP contribution in [0, 0.1) is 0 Å². The Morgan fingerprint density at radius 1 is 1.00 bits per heavy atom. The lowest BCUT2D eigenvalue weighted by molar-refractivity contribution is -0.123. The molecule has 1 aromatic heterocycles. The van der Waals surface area contributed by atoms with Gasteiger partial charge in [0.2, 0.25) is 0 Å². The summed E-state index contributed by atoms with van der Waals surface area (Å²) in [5.41, 5.74) is 0.331. The van der Waals surface area contributed by atoms with E-state index in [0.717, 1.165) is 0 Å². The zero-order valence-corrected chi connectivity index (χ0v) is 14.5. The van der Waals surface area contributed by atoms with Crippen molar-refractivity contribution in [2.24, 2.45) is 0 Å². The van der Waals surface area contributed by atoms with Gasteiger partial charge in [-0.25, -0.2) is 4.79 Å². The van der Waals surface area contributed by atoms with Crippen molar-refractivity contribution in [1.82, 2.24) is 10.6 Å². The summed E-state index contributed by atoms with van der Waals surface area (Å²) in [7, 11) is 2.97. The van der Waals surface area contributed by atoms with E-state index in [9.17, 15) is 14.4 Å². The number of barbiturate groups is 1. The van der Waals surface area contributed by atoms with Crippen LogP contribution in [0.15, 0.2) is 34.3 Å². The smallest absolute Gasteiger partial charge is 0.328 e. The summed E-state index contributed by atoms with van der Waals surface area (Å²) in [6.45, 7) is 0. The standard InChI is InChI=1S/C17H13ClN2O6/c1-24-13-7-11(18)14(25-2)6-9(13)12-4-3-8(26-12)5-10-15(21)19-17(23)20-16(10)22/h3-7H,1-2H3,(H2,19,20,21,22,23). The van der Waals surface area contributed by atoms with E-state index in [4.69, 9.17) is 25.5 Å². The van der Waals surface area contributed by atoms with Crippen LogP contribution in [-0.4, -0.2) is 32.1 Å². The molecule has 2 aromatic rings. The number of benzene rings is 1. The van der Waals surface area contributed by atoms with Crippen LogP contribution in [-0.2, 0) is 9.59 Å². The molecular weight excluding hydrogens is 364 g/mol. The van der Waals surface area contributed by atoms with Gasteiger partial charge in [0.05, 0.1) is 24.8 Å². The van der Waals surface area contributed by atoms with Gasteiger partial charge in [-0.15, -0.1) is 0 Å². The van der Waals surface area contributed by atoms with E-state index in [0.29, 0.717) is 27.8 Å². The quantitative estimate of drug-likeness (QED) is 0.626. The second kappa shape index (κ2) is 6.93. The number of ether oxygens (including phenoxy) is 2. The highest BCUT2D eigenvalue weighted by Gasteiger charge is 2.28. The molecule has 1 aliphatic heterocycles. The van der Waals surface area contributed by atoms with Gasteiger partial charge in [0, 0.05) is 6.07 Å². The molecule has 1 saturated heterocycles. The molecule has 2 N–H and O–H groups in total. The van der Waals surface area contributed by atoms with Gasteiger partial charge in [0.1, 0.15) is 28.6 Å². The number of carbonyl (C=O) groups excluding carboxylic acids is 3. The van der Waals surface area contributed by atoms with E-state index in [2.05, 4.69) is 0 Å². The summed E-state index contributed by atoms with van der Waals surface area (Å²) in [6, 6.07) is 5.58. The van der Waals surface area contributed by atoms with Crippen LogP contribution in [0.1, 0.15) is 5.76 Å². The van der Waals surface area contributed by atoms with Crippen molar-refractivity contribution in [2.75, 3.05) is 14.2 Å². The first-order valence-corrected chi connectivity index (χ1v) is 7.71. The Kier molecular flexibility index (Phi) is 4.68. The molecule has 3 rings (SSSR count). The molecule has 9 heteroatoms. The summed E-state index contributed by atoms with van der Waals surface area (Å²) in [5.74, 6) is -0.0571. The molecular formula is C17H13ClN2O6. The number of furan rings is 1. The van der Waals surface area contributed by atoms with Gasteiger partial charge >= 0.3 is 6.03 Å². The van der Waals surface area contributed by atoms with E-state index >= 15 is 0 Å². The lowest BCUT2D eigenvalue weighted by Gasteiger charge is -2.13. The summed E-state index contributed by atoms with van der Waals surface area (Å²) in [5, 5.41) is 4.35. The van der Waals surface area contributed by atoms with Gasteiger partial charge in [-0.1, -0.05) is 11.6 Å². The van der Waals surface area contributed by atoms with E-state index in [1.54, 1.807) is 24.3 Å². The molecule has 0 unspecified atom stereocenters. The number of halogens is 1. The fourth-order valence-corrected chi connectivity index (χ4v) is 2.61. The Bertz CT molecular complexity index is 925. The number of methoxy groups -OCH3 is 2. The molecule has 0 aliphatic carbocycles. The summed E-state index contributed by atoms with van der Waals surface area (Å²) in [4.78, 5) is 34.6. The van der Waals surface area contributed by atoms with Crippen LogP contribution in [0.4, 0.5) is 4.79 Å². The Hall–Kier alpha value is -3.26. The molecule has 2 heterocycles. The van der Waals surface area contributed by atoms with Crippen LogP contribution < -0.4 is 20.1 Å². The van der Waals surface area contributed by atoms with Gasteiger partial charge < -0.3 is 13.9 Å². The largest absolute Gasteiger partial charge is 0.496 e. The Morgan fingerprint density at radius 3 is 2.27 bits per heavy atom. The monoisotopic (exact) mass is 376 g/mol. The van der Waals surface area contributed by atoms with Gasteiger partial charge in [-0.2, -0.15) is 0 Å². The number of amides is 4. The number of urea groups is 1. The molecule has 4 amide bonds. The van der Waals surface area contributed by atoms with Crippen LogP contribution in [0.5, 0.6) is 11.5 Å². The molecule has 1 aliphatic rings. The molecule has 1 aromatic carbocycles. The molecule has 0 atom stereocenters. The maximum absolute atomic E-state index is 11.8. The maximum Gasteiger partial charge on any atom is 0.328 e. The highest BCUT2D eigenvalue weighted by Crippen LogP contribution is 2.39. The average molecular weight is 377 g/mol. The molecule has 26 heavy (non-hydrogen) atoms. The van der Waals surface area contributed by atoms with Crippen LogP contribution in [0.25, 0.3) is 17.4 Å². The maximum atomic E-state index is 11.8. The highest BCUT2D eigenvalue weighted by atomic mass is 35.5. The third kappa shape index (κ3) is 3.27. The fourth-order valence-electron chi connectivity index (χ4n) is 2.38. The molecule has 0 bridgehead atoms. The topological polar surface area (TPSA) is 107 Å². The van der Waals surface area contributed by atoms with E-state index < -0.39 is 17.8 Å². The minimum atomic E-state index is -0.865. The average Bonchev–Trinajstić information content (AvgIpc) is 3.06. The van der Waals surface area contributed by atoms with E-state index in [-0.39, 0.29) is 11.3 Å². The second-order valence-electron chi connectivity index (χ2n) is 5.18. The third-order valence-corrected chi connectivity index (χ3v) is 3.89. The minimum Gasteiger partial charge on any atom is -0.496 e. The van der Waals surface area contributed by atoms with Crippen LogP contribution in [0.3, 0.4) is 0 Å².